The van der Waals surface area contributed by atoms with Crippen molar-refractivity contribution in [2.45, 2.75) is 19.0 Å². The minimum Gasteiger partial charge on any atom is -0.468 e. The summed E-state index contributed by atoms with van der Waals surface area (Å²) in [6.07, 6.45) is -1.01. The third kappa shape index (κ3) is 1.21. The van der Waals surface area contributed by atoms with Crippen LogP contribution < -0.4 is 0 Å². The zero-order chi connectivity index (χ0) is 11.3. The first-order chi connectivity index (χ1) is 6.91. The Morgan fingerprint density at radius 3 is 2.47 bits per heavy atom. The average Bonchev–Trinajstić information content (AvgIpc) is 2.74. The van der Waals surface area contributed by atoms with E-state index >= 15 is 0 Å². The zero-order valence-corrected chi connectivity index (χ0v) is 8.17. The molecule has 2 aliphatic carbocycles. The second-order valence-corrected chi connectivity index (χ2v) is 4.15. The van der Waals surface area contributed by atoms with Gasteiger partial charge in [-0.1, -0.05) is 12.2 Å². The molecular formula is C10H11F3O2. The van der Waals surface area contributed by atoms with Crippen molar-refractivity contribution in [2.75, 3.05) is 7.11 Å². The molecule has 0 aliphatic heterocycles. The third-order valence-electron chi connectivity index (χ3n) is 3.44. The first-order valence-corrected chi connectivity index (χ1v) is 4.75. The number of hydrogen-bond donors (Lipinski definition) is 0. The summed E-state index contributed by atoms with van der Waals surface area (Å²) in [6, 6.07) is 0. The van der Waals surface area contributed by atoms with E-state index in [2.05, 4.69) is 4.74 Å². The molecular weight excluding hydrogens is 209 g/mol. The van der Waals surface area contributed by atoms with E-state index in [0.29, 0.717) is 6.42 Å². The number of methoxy groups -OCH3 is 1. The maximum Gasteiger partial charge on any atom is 0.405 e. The minimum absolute atomic E-state index is 0.129. The van der Waals surface area contributed by atoms with Gasteiger partial charge in [-0.3, -0.25) is 4.79 Å². The standard InChI is InChI=1S/C10H11F3O2/c1-15-8(14)9(10(11,12)13)5-6-2-3-7(9)4-6/h2-3,6-7H,4-5H2,1H3. The van der Waals surface area contributed by atoms with Gasteiger partial charge < -0.3 is 4.74 Å². The lowest BCUT2D eigenvalue weighted by Gasteiger charge is -2.34. The van der Waals surface area contributed by atoms with E-state index in [1.165, 1.54) is 6.08 Å². The number of esters is 1. The molecule has 5 heteroatoms. The zero-order valence-electron chi connectivity index (χ0n) is 8.17. The van der Waals surface area contributed by atoms with Crippen LogP contribution in [0.15, 0.2) is 12.2 Å². The van der Waals surface area contributed by atoms with Gasteiger partial charge in [-0.05, 0) is 18.8 Å². The summed E-state index contributed by atoms with van der Waals surface area (Å²) in [5.41, 5.74) is -2.29. The summed E-state index contributed by atoms with van der Waals surface area (Å²) < 4.78 is 43.3. The first-order valence-electron chi connectivity index (χ1n) is 4.75. The van der Waals surface area contributed by atoms with Crippen molar-refractivity contribution in [1.82, 2.24) is 0 Å². The molecule has 2 nitrogen and oxygen atoms in total. The molecule has 2 bridgehead atoms. The summed E-state index contributed by atoms with van der Waals surface area (Å²) in [4.78, 5) is 11.4. The van der Waals surface area contributed by atoms with Crippen LogP contribution in [0.1, 0.15) is 12.8 Å². The molecule has 3 unspecified atom stereocenters. The van der Waals surface area contributed by atoms with Gasteiger partial charge in [0.15, 0.2) is 5.41 Å². The Kier molecular flexibility index (Phi) is 2.10. The van der Waals surface area contributed by atoms with Crippen molar-refractivity contribution < 1.29 is 22.7 Å². The topological polar surface area (TPSA) is 26.3 Å². The molecule has 1 fully saturated rings. The molecule has 0 aromatic carbocycles. The van der Waals surface area contributed by atoms with Gasteiger partial charge >= 0.3 is 12.1 Å². The predicted molar refractivity (Wildman–Crippen MR) is 45.9 cm³/mol. The number of fused-ring (bicyclic) bond motifs is 2. The molecule has 2 rings (SSSR count). The highest BCUT2D eigenvalue weighted by Gasteiger charge is 2.69. The van der Waals surface area contributed by atoms with E-state index in [1.54, 1.807) is 6.08 Å². The molecule has 1 saturated carbocycles. The van der Waals surface area contributed by atoms with Crippen LogP contribution in [0, 0.1) is 17.3 Å². The van der Waals surface area contributed by atoms with Gasteiger partial charge in [0.1, 0.15) is 0 Å². The minimum atomic E-state index is -4.52. The Balaban J connectivity index is 2.42. The van der Waals surface area contributed by atoms with Crippen LogP contribution in [0.2, 0.25) is 0 Å². The molecule has 84 valence electrons. The SMILES string of the molecule is COC(=O)C1(C(F)(F)F)CC2C=CC1C2. The monoisotopic (exact) mass is 220 g/mol. The number of carbonyl (C=O) groups is 1. The molecule has 3 atom stereocenters. The summed E-state index contributed by atoms with van der Waals surface area (Å²) in [7, 11) is 1.01. The maximum atomic E-state index is 13.0. The number of halogens is 3. The second kappa shape index (κ2) is 3.00. The van der Waals surface area contributed by atoms with Gasteiger partial charge in [0.25, 0.3) is 0 Å². The Morgan fingerprint density at radius 2 is 2.13 bits per heavy atom. The van der Waals surface area contributed by atoms with E-state index in [1.807, 2.05) is 0 Å². The van der Waals surface area contributed by atoms with Crippen LogP contribution in [-0.2, 0) is 9.53 Å². The summed E-state index contributed by atoms with van der Waals surface area (Å²) in [6.45, 7) is 0. The Morgan fingerprint density at radius 1 is 1.47 bits per heavy atom. The summed E-state index contributed by atoms with van der Waals surface area (Å²) in [5.74, 6) is -2.02. The van der Waals surface area contributed by atoms with Gasteiger partial charge in [0.2, 0.25) is 0 Å². The van der Waals surface area contributed by atoms with Gasteiger partial charge in [0, 0.05) is 5.92 Å². The molecule has 0 aromatic heterocycles. The smallest absolute Gasteiger partial charge is 0.405 e. The summed E-state index contributed by atoms with van der Waals surface area (Å²) >= 11 is 0. The van der Waals surface area contributed by atoms with E-state index in [9.17, 15) is 18.0 Å². The van der Waals surface area contributed by atoms with Gasteiger partial charge in [0.05, 0.1) is 7.11 Å². The van der Waals surface area contributed by atoms with Crippen LogP contribution >= 0.6 is 0 Å². The average molecular weight is 220 g/mol. The molecule has 0 aromatic rings. The first kappa shape index (κ1) is 10.5. The van der Waals surface area contributed by atoms with Crippen LogP contribution in [0.25, 0.3) is 0 Å². The molecule has 0 heterocycles. The predicted octanol–water partition coefficient (Wildman–Crippen LogP) is 2.30. The Bertz CT molecular complexity index is 321. The maximum absolute atomic E-state index is 13.0. The van der Waals surface area contributed by atoms with Crippen LogP contribution in [0.3, 0.4) is 0 Å². The van der Waals surface area contributed by atoms with Gasteiger partial charge in [-0.25, -0.2) is 0 Å². The number of allylic oxidation sites excluding steroid dienone is 2. The number of alkyl halides is 3. The Labute approximate surface area is 85.1 Å². The number of rotatable bonds is 1. The van der Waals surface area contributed by atoms with E-state index < -0.39 is 23.5 Å². The van der Waals surface area contributed by atoms with Crippen molar-refractivity contribution in [3.8, 4) is 0 Å². The fraction of sp³-hybridized carbons (Fsp3) is 0.700. The Hall–Kier alpha value is -1.00. The molecule has 0 radical (unpaired) electrons. The third-order valence-corrected chi connectivity index (χ3v) is 3.44. The van der Waals surface area contributed by atoms with Crippen molar-refractivity contribution >= 4 is 5.97 Å². The highest BCUT2D eigenvalue weighted by molar-refractivity contribution is 5.79. The van der Waals surface area contributed by atoms with E-state index in [0.717, 1.165) is 7.11 Å². The molecule has 0 amide bonds. The van der Waals surface area contributed by atoms with Crippen molar-refractivity contribution in [3.05, 3.63) is 12.2 Å². The molecule has 0 N–H and O–H groups in total. The fourth-order valence-electron chi connectivity index (χ4n) is 2.71. The highest BCUT2D eigenvalue weighted by Crippen LogP contribution is 2.60. The number of carbonyl (C=O) groups excluding carboxylic acids is 1. The van der Waals surface area contributed by atoms with E-state index in [4.69, 9.17) is 0 Å². The van der Waals surface area contributed by atoms with Crippen LogP contribution in [0.4, 0.5) is 13.2 Å². The second-order valence-electron chi connectivity index (χ2n) is 4.15. The largest absolute Gasteiger partial charge is 0.468 e. The number of ether oxygens (including phenoxy) is 1. The van der Waals surface area contributed by atoms with Crippen LogP contribution in [0.5, 0.6) is 0 Å². The van der Waals surface area contributed by atoms with Crippen LogP contribution in [-0.4, -0.2) is 19.3 Å². The highest BCUT2D eigenvalue weighted by atomic mass is 19.4. The number of hydrogen-bond acceptors (Lipinski definition) is 2. The van der Waals surface area contributed by atoms with Crippen molar-refractivity contribution in [1.29, 1.82) is 0 Å². The van der Waals surface area contributed by atoms with Crippen molar-refractivity contribution in [2.24, 2.45) is 17.3 Å². The lowest BCUT2D eigenvalue weighted by Crippen LogP contribution is -2.48. The quantitative estimate of drug-likeness (QED) is 0.500. The normalized spacial score (nSPS) is 38.4. The molecule has 2 aliphatic rings. The molecule has 15 heavy (non-hydrogen) atoms. The fourth-order valence-corrected chi connectivity index (χ4v) is 2.71. The van der Waals surface area contributed by atoms with Gasteiger partial charge in [-0.2, -0.15) is 13.2 Å². The van der Waals surface area contributed by atoms with Gasteiger partial charge in [-0.15, -0.1) is 0 Å². The van der Waals surface area contributed by atoms with E-state index in [-0.39, 0.29) is 12.3 Å². The summed E-state index contributed by atoms with van der Waals surface area (Å²) in [5, 5.41) is 0. The molecule has 0 spiro atoms. The van der Waals surface area contributed by atoms with Crippen molar-refractivity contribution in [3.63, 3.8) is 0 Å². The lowest BCUT2D eigenvalue weighted by atomic mass is 9.75. The molecule has 0 saturated heterocycles. The lowest BCUT2D eigenvalue weighted by molar-refractivity contribution is -0.240.